The van der Waals surface area contributed by atoms with Crippen LogP contribution in [0.4, 0.5) is 5.82 Å². The fraction of sp³-hybridized carbons (Fsp3) is 0.300. The molecule has 0 aliphatic carbocycles. The number of anilines is 1. The monoisotopic (exact) mass is 335 g/mol. The molecule has 1 amide bonds. The molecule has 1 saturated heterocycles. The van der Waals surface area contributed by atoms with Crippen molar-refractivity contribution in [2.75, 3.05) is 25.0 Å². The van der Waals surface area contributed by atoms with Crippen LogP contribution in [0.5, 0.6) is 0 Å². The first kappa shape index (κ1) is 17.0. The van der Waals surface area contributed by atoms with Crippen LogP contribution in [-0.4, -0.2) is 30.6 Å². The van der Waals surface area contributed by atoms with Crippen molar-refractivity contribution < 1.29 is 9.53 Å². The van der Waals surface area contributed by atoms with Crippen LogP contribution >= 0.6 is 0 Å². The maximum Gasteiger partial charge on any atom is 0.253 e. The third kappa shape index (κ3) is 4.37. The lowest BCUT2D eigenvalue weighted by Crippen LogP contribution is -2.23. The van der Waals surface area contributed by atoms with Crippen LogP contribution < -0.4 is 10.6 Å². The van der Waals surface area contributed by atoms with Gasteiger partial charge in [0.25, 0.3) is 5.91 Å². The number of aromatic nitrogens is 1. The number of pyridine rings is 1. The Kier molecular flexibility index (Phi) is 5.65. The van der Waals surface area contributed by atoms with Crippen molar-refractivity contribution in [3.63, 3.8) is 0 Å². The van der Waals surface area contributed by atoms with Crippen LogP contribution in [0.2, 0.25) is 0 Å². The third-order valence-electron chi connectivity index (χ3n) is 4.26. The molecule has 2 N–H and O–H groups in total. The highest BCUT2D eigenvalue weighted by Gasteiger charge is 2.29. The van der Waals surface area contributed by atoms with E-state index in [1.165, 1.54) is 5.56 Å². The number of nitrogens with zero attached hydrogens (tertiary/aromatic N) is 1. The van der Waals surface area contributed by atoms with Gasteiger partial charge in [-0.05, 0) is 24.1 Å². The molecular formula is C20H21N3O2. The number of carbonyl (C=O) groups excluding carboxylic acids is 1. The zero-order chi connectivity index (χ0) is 17.5. The summed E-state index contributed by atoms with van der Waals surface area (Å²) in [7, 11) is 0. The average Bonchev–Trinajstić information content (AvgIpc) is 3.14. The minimum absolute atomic E-state index is 0.113. The lowest BCUT2D eigenvalue weighted by molar-refractivity contribution is 0.0933. The Hall–Kier alpha value is -2.84. The van der Waals surface area contributed by atoms with Crippen molar-refractivity contribution in [3.05, 3.63) is 59.8 Å². The molecule has 2 atom stereocenters. The number of carbonyl (C=O) groups is 1. The second kappa shape index (κ2) is 8.32. The number of amides is 1. The maximum absolute atomic E-state index is 11.8. The smallest absolute Gasteiger partial charge is 0.253 e. The second-order valence-electron chi connectivity index (χ2n) is 5.95. The number of hydrogen-bond acceptors (Lipinski definition) is 4. The molecule has 0 bridgehead atoms. The summed E-state index contributed by atoms with van der Waals surface area (Å²) >= 11 is 0. The van der Waals surface area contributed by atoms with E-state index in [1.54, 1.807) is 18.3 Å². The van der Waals surface area contributed by atoms with E-state index >= 15 is 0 Å². The molecular weight excluding hydrogens is 314 g/mol. The summed E-state index contributed by atoms with van der Waals surface area (Å²) in [5.41, 5.74) is 1.70. The average molecular weight is 335 g/mol. The van der Waals surface area contributed by atoms with E-state index in [4.69, 9.17) is 11.2 Å². The molecule has 128 valence electrons. The molecule has 2 heterocycles. The van der Waals surface area contributed by atoms with E-state index in [0.717, 1.165) is 25.4 Å². The maximum atomic E-state index is 11.8. The summed E-state index contributed by atoms with van der Waals surface area (Å²) in [5, 5.41) is 5.96. The Morgan fingerprint density at radius 2 is 2.12 bits per heavy atom. The van der Waals surface area contributed by atoms with Gasteiger partial charge in [-0.15, -0.1) is 6.42 Å². The van der Waals surface area contributed by atoms with Gasteiger partial charge in [0.2, 0.25) is 0 Å². The number of benzene rings is 1. The van der Waals surface area contributed by atoms with Crippen molar-refractivity contribution in [3.8, 4) is 12.3 Å². The Morgan fingerprint density at radius 3 is 2.84 bits per heavy atom. The van der Waals surface area contributed by atoms with Crippen molar-refractivity contribution in [1.82, 2.24) is 10.3 Å². The van der Waals surface area contributed by atoms with Crippen molar-refractivity contribution in [1.29, 1.82) is 0 Å². The summed E-state index contributed by atoms with van der Waals surface area (Å²) in [6.45, 7) is 1.75. The number of ether oxygens (including phenoxy) is 1. The van der Waals surface area contributed by atoms with Gasteiger partial charge < -0.3 is 15.4 Å². The summed E-state index contributed by atoms with van der Waals surface area (Å²) in [6.07, 6.45) is 7.81. The molecule has 5 heteroatoms. The number of terminal acetylenes is 1. The Morgan fingerprint density at radius 1 is 1.28 bits per heavy atom. The standard InChI is InChI=1S/C20H21N3O2/c1-2-11-21-20(24)17-8-9-18(23-14-17)22-13-16-10-12-25-19(16)15-6-4-3-5-7-15/h1,3-9,14,16,19H,10-13H2,(H,21,24)(H,22,23). The van der Waals surface area contributed by atoms with E-state index in [2.05, 4.69) is 33.7 Å². The van der Waals surface area contributed by atoms with E-state index < -0.39 is 0 Å². The van der Waals surface area contributed by atoms with Gasteiger partial charge in [0.05, 0.1) is 18.2 Å². The number of hydrogen-bond donors (Lipinski definition) is 2. The van der Waals surface area contributed by atoms with Crippen molar-refractivity contribution in [2.45, 2.75) is 12.5 Å². The quantitative estimate of drug-likeness (QED) is 0.797. The van der Waals surface area contributed by atoms with Gasteiger partial charge in [0.1, 0.15) is 5.82 Å². The molecule has 1 fully saturated rings. The highest BCUT2D eigenvalue weighted by atomic mass is 16.5. The van der Waals surface area contributed by atoms with Crippen LogP contribution in [0, 0.1) is 18.3 Å². The predicted molar refractivity (Wildman–Crippen MR) is 97.1 cm³/mol. The van der Waals surface area contributed by atoms with Gasteiger partial charge >= 0.3 is 0 Å². The number of nitrogens with one attached hydrogen (secondary N) is 2. The highest BCUT2D eigenvalue weighted by molar-refractivity contribution is 5.94. The van der Waals surface area contributed by atoms with Crippen LogP contribution in [-0.2, 0) is 4.74 Å². The minimum Gasteiger partial charge on any atom is -0.373 e. The molecule has 3 rings (SSSR count). The van der Waals surface area contributed by atoms with Gasteiger partial charge in [0.15, 0.2) is 0 Å². The Labute approximate surface area is 147 Å². The molecule has 0 spiro atoms. The lowest BCUT2D eigenvalue weighted by Gasteiger charge is -2.19. The zero-order valence-electron chi connectivity index (χ0n) is 13.9. The van der Waals surface area contributed by atoms with Crippen LogP contribution in [0.1, 0.15) is 28.4 Å². The van der Waals surface area contributed by atoms with Gasteiger partial charge in [-0.1, -0.05) is 36.3 Å². The van der Waals surface area contributed by atoms with Crippen LogP contribution in [0.25, 0.3) is 0 Å². The summed E-state index contributed by atoms with van der Waals surface area (Å²) in [4.78, 5) is 16.1. The third-order valence-corrected chi connectivity index (χ3v) is 4.26. The van der Waals surface area contributed by atoms with Crippen LogP contribution in [0.15, 0.2) is 48.7 Å². The molecule has 0 radical (unpaired) electrons. The first-order valence-electron chi connectivity index (χ1n) is 8.36. The van der Waals surface area contributed by atoms with E-state index in [1.807, 2.05) is 18.2 Å². The molecule has 1 aromatic carbocycles. The number of rotatable bonds is 6. The van der Waals surface area contributed by atoms with Crippen LogP contribution in [0.3, 0.4) is 0 Å². The molecule has 1 aliphatic heterocycles. The van der Waals surface area contributed by atoms with Crippen molar-refractivity contribution in [2.24, 2.45) is 5.92 Å². The fourth-order valence-corrected chi connectivity index (χ4v) is 2.96. The Balaban J connectivity index is 1.56. The molecule has 1 aromatic heterocycles. The molecule has 5 nitrogen and oxygen atoms in total. The SMILES string of the molecule is C#CCNC(=O)c1ccc(NCC2CCOC2c2ccccc2)nc1. The summed E-state index contributed by atoms with van der Waals surface area (Å²) in [5.74, 6) is 3.29. The molecule has 25 heavy (non-hydrogen) atoms. The normalized spacial score (nSPS) is 19.2. The molecule has 2 aromatic rings. The highest BCUT2D eigenvalue weighted by Crippen LogP contribution is 2.34. The van der Waals surface area contributed by atoms with Gasteiger partial charge in [-0.2, -0.15) is 0 Å². The second-order valence-corrected chi connectivity index (χ2v) is 5.95. The molecule has 1 aliphatic rings. The first-order chi connectivity index (χ1) is 12.3. The minimum atomic E-state index is -0.217. The Bertz CT molecular complexity index is 738. The van der Waals surface area contributed by atoms with E-state index in [-0.39, 0.29) is 18.6 Å². The molecule has 2 unspecified atom stereocenters. The summed E-state index contributed by atoms with van der Waals surface area (Å²) in [6, 6.07) is 13.8. The van der Waals surface area contributed by atoms with E-state index in [0.29, 0.717) is 11.5 Å². The topological polar surface area (TPSA) is 63.2 Å². The van der Waals surface area contributed by atoms with Crippen molar-refractivity contribution >= 4 is 11.7 Å². The van der Waals surface area contributed by atoms with Gasteiger partial charge in [0, 0.05) is 25.3 Å². The van der Waals surface area contributed by atoms with E-state index in [9.17, 15) is 4.79 Å². The van der Waals surface area contributed by atoms with Gasteiger partial charge in [-0.3, -0.25) is 4.79 Å². The molecule has 0 saturated carbocycles. The predicted octanol–water partition coefficient (Wildman–Crippen LogP) is 2.63. The van der Waals surface area contributed by atoms with Gasteiger partial charge in [-0.25, -0.2) is 4.98 Å². The first-order valence-corrected chi connectivity index (χ1v) is 8.36. The lowest BCUT2D eigenvalue weighted by atomic mass is 9.95. The zero-order valence-corrected chi connectivity index (χ0v) is 13.9. The fourth-order valence-electron chi connectivity index (χ4n) is 2.96. The summed E-state index contributed by atoms with van der Waals surface area (Å²) < 4.78 is 5.90. The largest absolute Gasteiger partial charge is 0.373 e.